The highest BCUT2D eigenvalue weighted by molar-refractivity contribution is 6.37. The summed E-state index contributed by atoms with van der Waals surface area (Å²) in [4.78, 5) is 13.1. The van der Waals surface area contributed by atoms with E-state index in [1.165, 1.54) is 0 Å². The predicted octanol–water partition coefficient (Wildman–Crippen LogP) is 0.949. The first-order valence-electron chi connectivity index (χ1n) is 5.91. The van der Waals surface area contributed by atoms with Crippen molar-refractivity contribution in [3.05, 3.63) is 24.3 Å². The van der Waals surface area contributed by atoms with Gasteiger partial charge in [0, 0.05) is 0 Å². The first-order valence-corrected chi connectivity index (χ1v) is 5.91. The molecule has 0 aromatic heterocycles. The zero-order chi connectivity index (χ0) is 12.7. The molecular formula is C12H20N4O. The second-order valence-corrected chi connectivity index (χ2v) is 3.78. The monoisotopic (exact) mass is 236 g/mol. The second kappa shape index (κ2) is 6.73. The molecule has 1 aliphatic rings. The third-order valence-corrected chi connectivity index (χ3v) is 2.55. The Hall–Kier alpha value is -1.78. The fourth-order valence-corrected chi connectivity index (χ4v) is 1.66. The average Bonchev–Trinajstić information content (AvgIpc) is 2.78. The molecule has 5 heteroatoms. The highest BCUT2D eigenvalue weighted by atomic mass is 16.1. The fourth-order valence-electron chi connectivity index (χ4n) is 1.66. The van der Waals surface area contributed by atoms with Crippen molar-refractivity contribution in [1.29, 1.82) is 0 Å². The number of nitrogens with zero attached hydrogens (tertiary/aromatic N) is 2. The highest BCUT2D eigenvalue weighted by Crippen LogP contribution is 2.09. The minimum absolute atomic E-state index is 0.137. The maximum Gasteiger partial charge on any atom is 0.286 e. The molecule has 1 atom stereocenters. The largest absolute Gasteiger partial charge is 0.363 e. The summed E-state index contributed by atoms with van der Waals surface area (Å²) in [7, 11) is 0. The second-order valence-electron chi connectivity index (χ2n) is 3.78. The quantitative estimate of drug-likeness (QED) is 0.674. The van der Waals surface area contributed by atoms with Gasteiger partial charge in [0.05, 0.1) is 6.04 Å². The van der Waals surface area contributed by atoms with E-state index in [1.54, 1.807) is 0 Å². The first-order chi connectivity index (χ1) is 8.20. The maximum absolute atomic E-state index is 11.2. The summed E-state index contributed by atoms with van der Waals surface area (Å²) in [6.45, 7) is 4.68. The number of carbonyl (C=O) groups excluding carboxylic acids is 1. The van der Waals surface area contributed by atoms with E-state index in [4.69, 9.17) is 5.73 Å². The summed E-state index contributed by atoms with van der Waals surface area (Å²) in [6.07, 6.45) is 10.0. The van der Waals surface area contributed by atoms with Crippen molar-refractivity contribution in [2.45, 2.75) is 32.7 Å². The minimum atomic E-state index is -0.494. The Labute approximate surface area is 102 Å². The van der Waals surface area contributed by atoms with Crippen LogP contribution in [0.4, 0.5) is 0 Å². The molecule has 0 bridgehead atoms. The SMILES string of the molecule is CC/C=C/C=CC(CC)N1CNN=C1C(N)=O. The molecule has 1 heterocycles. The predicted molar refractivity (Wildman–Crippen MR) is 69.1 cm³/mol. The van der Waals surface area contributed by atoms with Gasteiger partial charge in [-0.05, 0) is 12.8 Å². The molecule has 1 amide bonds. The molecule has 1 unspecified atom stereocenters. The molecule has 3 N–H and O–H groups in total. The first kappa shape index (κ1) is 13.3. The molecule has 0 fully saturated rings. The standard InChI is InChI=1S/C12H20N4O/c1-3-5-6-7-8-10(4-2)16-9-14-15-12(16)11(13)17/h5-8,10,14H,3-4,9H2,1-2H3,(H2,13,17)/b6-5+,8-7?. The number of hydrogen-bond acceptors (Lipinski definition) is 4. The van der Waals surface area contributed by atoms with Crippen molar-refractivity contribution in [2.75, 3.05) is 6.67 Å². The Morgan fingerprint density at radius 1 is 1.59 bits per heavy atom. The van der Waals surface area contributed by atoms with Crippen molar-refractivity contribution in [3.8, 4) is 0 Å². The van der Waals surface area contributed by atoms with Gasteiger partial charge < -0.3 is 10.6 Å². The molecule has 17 heavy (non-hydrogen) atoms. The summed E-state index contributed by atoms with van der Waals surface area (Å²) in [6, 6.07) is 0.137. The lowest BCUT2D eigenvalue weighted by atomic mass is 10.1. The highest BCUT2D eigenvalue weighted by Gasteiger charge is 2.26. The van der Waals surface area contributed by atoms with Gasteiger partial charge in [0.1, 0.15) is 6.67 Å². The lowest BCUT2D eigenvalue weighted by Gasteiger charge is -2.24. The Balaban J connectivity index is 2.68. The molecule has 5 nitrogen and oxygen atoms in total. The zero-order valence-electron chi connectivity index (χ0n) is 10.4. The van der Waals surface area contributed by atoms with Crippen molar-refractivity contribution < 1.29 is 4.79 Å². The fraction of sp³-hybridized carbons (Fsp3) is 0.500. The van der Waals surface area contributed by atoms with E-state index in [0.29, 0.717) is 12.5 Å². The normalized spacial score (nSPS) is 17.5. The van der Waals surface area contributed by atoms with Gasteiger partial charge in [-0.3, -0.25) is 10.2 Å². The van der Waals surface area contributed by atoms with E-state index in [2.05, 4.69) is 36.5 Å². The number of amides is 1. The van der Waals surface area contributed by atoms with Gasteiger partial charge >= 0.3 is 0 Å². The Bertz CT molecular complexity index is 346. The molecule has 0 aliphatic carbocycles. The van der Waals surface area contributed by atoms with Gasteiger partial charge in [0.15, 0.2) is 0 Å². The minimum Gasteiger partial charge on any atom is -0.363 e. The molecule has 1 rings (SSSR count). The van der Waals surface area contributed by atoms with Gasteiger partial charge in [-0.25, -0.2) is 0 Å². The van der Waals surface area contributed by atoms with Crippen LogP contribution in [0.3, 0.4) is 0 Å². The van der Waals surface area contributed by atoms with E-state index in [0.717, 1.165) is 12.8 Å². The average molecular weight is 236 g/mol. The smallest absolute Gasteiger partial charge is 0.286 e. The number of allylic oxidation sites excluding steroid dienone is 3. The molecule has 0 saturated carbocycles. The summed E-state index contributed by atoms with van der Waals surface area (Å²) in [5, 5.41) is 3.90. The molecule has 94 valence electrons. The summed E-state index contributed by atoms with van der Waals surface area (Å²) >= 11 is 0. The number of nitrogens with one attached hydrogen (secondary N) is 1. The van der Waals surface area contributed by atoms with Crippen LogP contribution in [0, 0.1) is 0 Å². The van der Waals surface area contributed by atoms with Gasteiger partial charge in [-0.2, -0.15) is 5.10 Å². The van der Waals surface area contributed by atoms with E-state index < -0.39 is 5.91 Å². The molecule has 0 spiro atoms. The Kier molecular flexibility index (Phi) is 5.26. The number of nitrogens with two attached hydrogens (primary N) is 1. The lowest BCUT2D eigenvalue weighted by Crippen LogP contribution is -2.43. The third-order valence-electron chi connectivity index (χ3n) is 2.55. The summed E-state index contributed by atoms with van der Waals surface area (Å²) in [5.74, 6) is -0.188. The van der Waals surface area contributed by atoms with Crippen LogP contribution in [0.25, 0.3) is 0 Å². The van der Waals surface area contributed by atoms with Crippen molar-refractivity contribution in [3.63, 3.8) is 0 Å². The van der Waals surface area contributed by atoms with Crippen molar-refractivity contribution >= 4 is 11.7 Å². The summed E-state index contributed by atoms with van der Waals surface area (Å²) < 4.78 is 0. The topological polar surface area (TPSA) is 70.7 Å². The number of hydrazone groups is 1. The molecule has 0 aromatic rings. The van der Waals surface area contributed by atoms with Crippen LogP contribution in [-0.4, -0.2) is 29.4 Å². The number of hydrogen-bond donors (Lipinski definition) is 2. The molecule has 1 aliphatic heterocycles. The number of carbonyl (C=O) groups is 1. The Morgan fingerprint density at radius 3 is 2.94 bits per heavy atom. The van der Waals surface area contributed by atoms with Crippen LogP contribution >= 0.6 is 0 Å². The van der Waals surface area contributed by atoms with E-state index >= 15 is 0 Å². The third kappa shape index (κ3) is 3.62. The summed E-state index contributed by atoms with van der Waals surface area (Å²) in [5.41, 5.74) is 8.05. The van der Waals surface area contributed by atoms with Crippen LogP contribution < -0.4 is 11.2 Å². The van der Waals surface area contributed by atoms with Crippen LogP contribution in [0.1, 0.15) is 26.7 Å². The van der Waals surface area contributed by atoms with Crippen LogP contribution in [-0.2, 0) is 4.79 Å². The number of primary amides is 1. The van der Waals surface area contributed by atoms with Crippen molar-refractivity contribution in [2.24, 2.45) is 10.8 Å². The van der Waals surface area contributed by atoms with Gasteiger partial charge in [-0.1, -0.05) is 38.2 Å². The zero-order valence-corrected chi connectivity index (χ0v) is 10.4. The maximum atomic E-state index is 11.2. The van der Waals surface area contributed by atoms with Crippen LogP contribution in [0.2, 0.25) is 0 Å². The van der Waals surface area contributed by atoms with Gasteiger partial charge in [0.2, 0.25) is 5.84 Å². The van der Waals surface area contributed by atoms with Gasteiger partial charge in [-0.15, -0.1) is 0 Å². The number of rotatable bonds is 6. The van der Waals surface area contributed by atoms with E-state index in [1.807, 2.05) is 17.1 Å². The molecular weight excluding hydrogens is 216 g/mol. The van der Waals surface area contributed by atoms with Crippen LogP contribution in [0.5, 0.6) is 0 Å². The van der Waals surface area contributed by atoms with E-state index in [9.17, 15) is 4.79 Å². The molecule has 0 saturated heterocycles. The molecule has 0 radical (unpaired) electrons. The van der Waals surface area contributed by atoms with Crippen molar-refractivity contribution in [1.82, 2.24) is 10.3 Å². The van der Waals surface area contributed by atoms with Crippen LogP contribution in [0.15, 0.2) is 29.4 Å². The van der Waals surface area contributed by atoms with Gasteiger partial charge in [0.25, 0.3) is 5.91 Å². The number of amidine groups is 1. The Morgan fingerprint density at radius 2 is 2.35 bits per heavy atom. The lowest BCUT2D eigenvalue weighted by molar-refractivity contribution is -0.112. The molecule has 0 aromatic carbocycles. The van der Waals surface area contributed by atoms with E-state index in [-0.39, 0.29) is 6.04 Å².